The molecule has 2 N–H and O–H groups in total. The molecule has 2 nitrogen and oxygen atoms in total. The predicted molar refractivity (Wildman–Crippen MR) is 21.1 cm³/mol. The van der Waals surface area contributed by atoms with Gasteiger partial charge in [0.05, 0.1) is 6.61 Å². The molecule has 0 atom stereocenters. The minimum absolute atomic E-state index is 0.00389. The summed E-state index contributed by atoms with van der Waals surface area (Å²) in [5.74, 6) is 0. The molecule has 0 aromatic rings. The fourth-order valence-corrected chi connectivity index (χ4v) is 0.146. The zero-order valence-corrected chi connectivity index (χ0v) is 3.45. The molecular weight excluding hydrogens is 85.0 g/mol. The molecule has 0 radical (unpaired) electrons. The average molecular weight is 93.1 g/mol. The fourth-order valence-electron chi connectivity index (χ4n) is 0.146. The monoisotopic (exact) mass is 93.1 g/mol. The first-order valence-electron chi connectivity index (χ1n) is 1.79. The van der Waals surface area contributed by atoms with E-state index in [2.05, 4.69) is 5.32 Å². The van der Waals surface area contributed by atoms with Gasteiger partial charge in [-0.25, -0.2) is 4.39 Å². The maximum atomic E-state index is 11.0. The van der Waals surface area contributed by atoms with Gasteiger partial charge in [-0.15, -0.1) is 0 Å². The topological polar surface area (TPSA) is 32.3 Å². The van der Waals surface area contributed by atoms with Crippen molar-refractivity contribution < 1.29 is 9.50 Å². The second kappa shape index (κ2) is 4.85. The van der Waals surface area contributed by atoms with Crippen molar-refractivity contribution in [3.05, 3.63) is 0 Å². The summed E-state index contributed by atoms with van der Waals surface area (Å²) in [4.78, 5) is 0. The van der Waals surface area contributed by atoms with Gasteiger partial charge < -0.3 is 5.11 Å². The number of aliphatic hydroxyl groups excluding tert-OH is 1. The first-order chi connectivity index (χ1) is 2.91. The number of hydrogen-bond donors (Lipinski definition) is 2. The number of alkyl halides is 1. The van der Waals surface area contributed by atoms with Crippen LogP contribution in [-0.2, 0) is 0 Å². The highest BCUT2D eigenvalue weighted by atomic mass is 19.1. The summed E-state index contributed by atoms with van der Waals surface area (Å²) in [5.41, 5.74) is 0. The molecule has 0 aromatic heterocycles. The third kappa shape index (κ3) is 3.85. The second-order valence-electron chi connectivity index (χ2n) is 0.857. The van der Waals surface area contributed by atoms with Gasteiger partial charge in [0.25, 0.3) is 0 Å². The van der Waals surface area contributed by atoms with Crippen molar-refractivity contribution in [3.63, 3.8) is 0 Å². The molecule has 0 aromatic carbocycles. The third-order valence-electron chi connectivity index (χ3n) is 0.383. The highest BCUT2D eigenvalue weighted by Crippen LogP contribution is 1.55. The highest BCUT2D eigenvalue weighted by molar-refractivity contribution is 4.30. The summed E-state index contributed by atoms with van der Waals surface area (Å²) in [6.07, 6.45) is 0. The Balaban J connectivity index is 2.34. The van der Waals surface area contributed by atoms with E-state index in [0.717, 1.165) is 0 Å². The van der Waals surface area contributed by atoms with Crippen molar-refractivity contribution in [3.8, 4) is 0 Å². The molecular formula is C3H8FNO. The van der Waals surface area contributed by atoms with Crippen LogP contribution < -0.4 is 5.32 Å². The third-order valence-corrected chi connectivity index (χ3v) is 0.383. The molecule has 38 valence electrons. The Morgan fingerprint density at radius 2 is 2.33 bits per heavy atom. The quantitative estimate of drug-likeness (QED) is 0.364. The van der Waals surface area contributed by atoms with Crippen molar-refractivity contribution in [2.75, 3.05) is 20.0 Å². The van der Waals surface area contributed by atoms with Crippen molar-refractivity contribution in [2.45, 2.75) is 0 Å². The molecule has 0 aliphatic rings. The van der Waals surface area contributed by atoms with Crippen LogP contribution in [0.15, 0.2) is 0 Å². The lowest BCUT2D eigenvalue weighted by molar-refractivity contribution is 0.280. The Labute approximate surface area is 36.0 Å². The molecule has 0 aliphatic heterocycles. The minimum atomic E-state index is -0.555. The SMILES string of the molecule is OCCNCF. The first kappa shape index (κ1) is 5.85. The van der Waals surface area contributed by atoms with Crippen molar-refractivity contribution in [1.82, 2.24) is 5.32 Å². The summed E-state index contributed by atoms with van der Waals surface area (Å²) in [7, 11) is 0. The van der Waals surface area contributed by atoms with E-state index in [4.69, 9.17) is 5.11 Å². The number of hydrogen-bond acceptors (Lipinski definition) is 2. The van der Waals surface area contributed by atoms with Crippen LogP contribution >= 0.6 is 0 Å². The summed E-state index contributed by atoms with van der Waals surface area (Å²) >= 11 is 0. The zero-order valence-electron chi connectivity index (χ0n) is 3.45. The smallest absolute Gasteiger partial charge is 0.140 e. The van der Waals surface area contributed by atoms with Gasteiger partial charge in [0.1, 0.15) is 6.80 Å². The average Bonchev–Trinajstić information content (AvgIpc) is 1.61. The van der Waals surface area contributed by atoms with E-state index < -0.39 is 6.80 Å². The maximum Gasteiger partial charge on any atom is 0.140 e. The Morgan fingerprint density at radius 3 is 2.50 bits per heavy atom. The van der Waals surface area contributed by atoms with Gasteiger partial charge >= 0.3 is 0 Å². The Kier molecular flexibility index (Phi) is 4.73. The predicted octanol–water partition coefficient (Wildman–Crippen LogP) is -0.505. The summed E-state index contributed by atoms with van der Waals surface area (Å²) in [5, 5.41) is 10.2. The number of halogens is 1. The first-order valence-corrected chi connectivity index (χ1v) is 1.79. The van der Waals surface area contributed by atoms with Crippen molar-refractivity contribution in [2.24, 2.45) is 0 Å². The minimum Gasteiger partial charge on any atom is -0.395 e. The lowest BCUT2D eigenvalue weighted by atomic mass is 10.7. The number of nitrogens with one attached hydrogen (secondary N) is 1. The molecule has 0 rings (SSSR count). The van der Waals surface area contributed by atoms with E-state index in [1.165, 1.54) is 0 Å². The van der Waals surface area contributed by atoms with E-state index in [1.54, 1.807) is 0 Å². The lowest BCUT2D eigenvalue weighted by Gasteiger charge is -1.88. The van der Waals surface area contributed by atoms with Gasteiger partial charge in [-0.1, -0.05) is 0 Å². The van der Waals surface area contributed by atoms with Gasteiger partial charge in [0.15, 0.2) is 0 Å². The highest BCUT2D eigenvalue weighted by Gasteiger charge is 1.74. The Hall–Kier alpha value is -0.150. The van der Waals surface area contributed by atoms with E-state index >= 15 is 0 Å². The van der Waals surface area contributed by atoms with E-state index in [9.17, 15) is 4.39 Å². The van der Waals surface area contributed by atoms with Crippen LogP contribution in [0, 0.1) is 0 Å². The van der Waals surface area contributed by atoms with Gasteiger partial charge in [-0.3, -0.25) is 5.32 Å². The summed E-state index contributed by atoms with van der Waals surface area (Å²) in [6.45, 7) is -0.207. The Bertz CT molecular complexity index is 22.8. The van der Waals surface area contributed by atoms with Crippen LogP contribution in [0.3, 0.4) is 0 Å². The second-order valence-corrected chi connectivity index (χ2v) is 0.857. The van der Waals surface area contributed by atoms with Gasteiger partial charge in [0.2, 0.25) is 0 Å². The molecule has 0 bridgehead atoms. The molecule has 0 saturated carbocycles. The molecule has 0 spiro atoms. The normalized spacial score (nSPS) is 9.00. The molecule has 0 unspecified atom stereocenters. The Morgan fingerprint density at radius 1 is 1.67 bits per heavy atom. The molecule has 0 saturated heterocycles. The van der Waals surface area contributed by atoms with Crippen LogP contribution in [-0.4, -0.2) is 25.1 Å². The molecule has 3 heteroatoms. The molecule has 0 heterocycles. The standard InChI is InChI=1S/C3H8FNO/c4-3-5-1-2-6/h5-6H,1-3H2. The summed E-state index contributed by atoms with van der Waals surface area (Å²) in [6, 6.07) is 0. The number of rotatable bonds is 3. The van der Waals surface area contributed by atoms with Gasteiger partial charge in [-0.2, -0.15) is 0 Å². The van der Waals surface area contributed by atoms with E-state index in [1.807, 2.05) is 0 Å². The van der Waals surface area contributed by atoms with Gasteiger partial charge in [-0.05, 0) is 0 Å². The van der Waals surface area contributed by atoms with Crippen LogP contribution in [0.2, 0.25) is 0 Å². The van der Waals surface area contributed by atoms with Crippen molar-refractivity contribution in [1.29, 1.82) is 0 Å². The molecule has 0 fully saturated rings. The van der Waals surface area contributed by atoms with Crippen LogP contribution in [0.1, 0.15) is 0 Å². The van der Waals surface area contributed by atoms with Crippen LogP contribution in [0.5, 0.6) is 0 Å². The van der Waals surface area contributed by atoms with Gasteiger partial charge in [0, 0.05) is 6.54 Å². The molecule has 6 heavy (non-hydrogen) atoms. The lowest BCUT2D eigenvalue weighted by Crippen LogP contribution is -2.15. The van der Waals surface area contributed by atoms with E-state index in [-0.39, 0.29) is 6.61 Å². The van der Waals surface area contributed by atoms with Crippen LogP contribution in [0.4, 0.5) is 4.39 Å². The van der Waals surface area contributed by atoms with Crippen LogP contribution in [0.25, 0.3) is 0 Å². The van der Waals surface area contributed by atoms with E-state index in [0.29, 0.717) is 6.54 Å². The largest absolute Gasteiger partial charge is 0.395 e. The molecule has 0 aliphatic carbocycles. The zero-order chi connectivity index (χ0) is 4.83. The molecule has 0 amide bonds. The maximum absolute atomic E-state index is 11.0. The number of aliphatic hydroxyl groups is 1. The van der Waals surface area contributed by atoms with Crippen molar-refractivity contribution >= 4 is 0 Å². The fraction of sp³-hybridized carbons (Fsp3) is 1.00. The summed E-state index contributed by atoms with van der Waals surface area (Å²) < 4.78 is 11.0.